The van der Waals surface area contributed by atoms with Crippen LogP contribution < -0.4 is 11.1 Å². The number of nitrogens with two attached hydrogens (primary N) is 1. The topological polar surface area (TPSA) is 55.1 Å². The van der Waals surface area contributed by atoms with E-state index in [1.54, 1.807) is 18.2 Å². The van der Waals surface area contributed by atoms with E-state index in [2.05, 4.69) is 5.32 Å². The second-order valence-corrected chi connectivity index (χ2v) is 3.99. The van der Waals surface area contributed by atoms with E-state index >= 15 is 0 Å². The molecule has 0 atom stereocenters. The van der Waals surface area contributed by atoms with Crippen LogP contribution in [0.25, 0.3) is 0 Å². The van der Waals surface area contributed by atoms with Crippen LogP contribution in [0.1, 0.15) is 0 Å². The predicted octanol–water partition coefficient (Wildman–Crippen LogP) is 2.22. The zero-order valence-electron chi connectivity index (χ0n) is 7.71. The third-order valence-electron chi connectivity index (χ3n) is 1.56. The Kier molecular flexibility index (Phi) is 4.10. The second kappa shape index (κ2) is 5.12. The first-order valence-electron chi connectivity index (χ1n) is 3.97. The highest BCUT2D eigenvalue weighted by Gasteiger charge is 2.02. The Labute approximate surface area is 92.0 Å². The van der Waals surface area contributed by atoms with Crippen LogP contribution in [0.5, 0.6) is 0 Å². The standard InChI is InChI=1S/C9H11ClN2OS/c1-14-5-9(13)12-6-2-3-7(10)8(11)4-6/h2-4H,5,11H2,1H3,(H,12,13). The lowest BCUT2D eigenvalue weighted by Gasteiger charge is -2.05. The smallest absolute Gasteiger partial charge is 0.234 e. The van der Waals surface area contributed by atoms with Crippen LogP contribution in [0, 0.1) is 0 Å². The number of anilines is 2. The van der Waals surface area contributed by atoms with E-state index in [-0.39, 0.29) is 5.91 Å². The Hall–Kier alpha value is -0.870. The molecule has 1 rings (SSSR count). The maximum absolute atomic E-state index is 11.2. The molecule has 1 aromatic carbocycles. The van der Waals surface area contributed by atoms with Gasteiger partial charge in [-0.25, -0.2) is 0 Å². The lowest BCUT2D eigenvalue weighted by Crippen LogP contribution is -2.13. The number of hydrogen-bond donors (Lipinski definition) is 2. The number of nitrogens with one attached hydrogen (secondary N) is 1. The zero-order chi connectivity index (χ0) is 10.6. The first kappa shape index (κ1) is 11.2. The molecule has 14 heavy (non-hydrogen) atoms. The molecule has 0 aliphatic heterocycles. The zero-order valence-corrected chi connectivity index (χ0v) is 9.28. The summed E-state index contributed by atoms with van der Waals surface area (Å²) in [5.41, 5.74) is 6.72. The van der Waals surface area contributed by atoms with E-state index in [0.717, 1.165) is 0 Å². The monoisotopic (exact) mass is 230 g/mol. The number of thioether (sulfide) groups is 1. The molecule has 0 aliphatic carbocycles. The summed E-state index contributed by atoms with van der Waals surface area (Å²) in [5.74, 6) is 0.391. The Morgan fingerprint density at radius 1 is 1.64 bits per heavy atom. The molecule has 0 aromatic heterocycles. The van der Waals surface area contributed by atoms with E-state index in [4.69, 9.17) is 17.3 Å². The third kappa shape index (κ3) is 3.12. The van der Waals surface area contributed by atoms with Crippen molar-refractivity contribution in [2.75, 3.05) is 23.1 Å². The fourth-order valence-corrected chi connectivity index (χ4v) is 1.40. The van der Waals surface area contributed by atoms with E-state index in [0.29, 0.717) is 22.2 Å². The van der Waals surface area contributed by atoms with E-state index in [9.17, 15) is 4.79 Å². The van der Waals surface area contributed by atoms with Gasteiger partial charge in [-0.05, 0) is 24.5 Å². The highest BCUT2D eigenvalue weighted by atomic mass is 35.5. The molecule has 3 nitrogen and oxygen atoms in total. The predicted molar refractivity (Wildman–Crippen MR) is 62.9 cm³/mol. The van der Waals surface area contributed by atoms with Crippen LogP contribution in [-0.2, 0) is 4.79 Å². The third-order valence-corrected chi connectivity index (χ3v) is 2.45. The lowest BCUT2D eigenvalue weighted by molar-refractivity contribution is -0.113. The Morgan fingerprint density at radius 3 is 2.93 bits per heavy atom. The summed E-state index contributed by atoms with van der Waals surface area (Å²) >= 11 is 7.20. The minimum atomic E-state index is -0.0424. The Bertz CT molecular complexity index is 344. The molecule has 0 saturated carbocycles. The summed E-state index contributed by atoms with van der Waals surface area (Å²) in [4.78, 5) is 11.2. The molecule has 1 amide bonds. The van der Waals surface area contributed by atoms with Crippen molar-refractivity contribution in [1.82, 2.24) is 0 Å². The number of nitrogen functional groups attached to an aromatic ring is 1. The van der Waals surface area contributed by atoms with Crippen molar-refractivity contribution in [2.45, 2.75) is 0 Å². The van der Waals surface area contributed by atoms with Crippen LogP contribution >= 0.6 is 23.4 Å². The van der Waals surface area contributed by atoms with Crippen LogP contribution in [0.2, 0.25) is 5.02 Å². The highest BCUT2D eigenvalue weighted by molar-refractivity contribution is 7.99. The molecule has 0 unspecified atom stereocenters. The van der Waals surface area contributed by atoms with E-state index in [1.807, 2.05) is 6.26 Å². The largest absolute Gasteiger partial charge is 0.397 e. The molecule has 0 fully saturated rings. The number of carbonyl (C=O) groups is 1. The molecule has 0 saturated heterocycles. The SMILES string of the molecule is CSCC(=O)Nc1ccc(Cl)c(N)c1. The summed E-state index contributed by atoms with van der Waals surface area (Å²) in [6.45, 7) is 0. The van der Waals surface area contributed by atoms with Crippen molar-refractivity contribution in [1.29, 1.82) is 0 Å². The maximum atomic E-state index is 11.2. The van der Waals surface area contributed by atoms with Crippen molar-refractivity contribution in [3.63, 3.8) is 0 Å². The van der Waals surface area contributed by atoms with Crippen LogP contribution in [0.3, 0.4) is 0 Å². The van der Waals surface area contributed by atoms with Crippen molar-refractivity contribution in [3.8, 4) is 0 Å². The van der Waals surface area contributed by atoms with Gasteiger partial charge in [0.25, 0.3) is 0 Å². The molecule has 0 bridgehead atoms. The van der Waals surface area contributed by atoms with Crippen molar-refractivity contribution in [2.24, 2.45) is 0 Å². The lowest BCUT2D eigenvalue weighted by atomic mass is 10.3. The van der Waals surface area contributed by atoms with Gasteiger partial charge in [0.1, 0.15) is 0 Å². The van der Waals surface area contributed by atoms with Gasteiger partial charge in [-0.1, -0.05) is 11.6 Å². The van der Waals surface area contributed by atoms with Gasteiger partial charge in [-0.3, -0.25) is 4.79 Å². The van der Waals surface area contributed by atoms with Crippen molar-refractivity contribution >= 4 is 40.6 Å². The maximum Gasteiger partial charge on any atom is 0.234 e. The molecule has 1 aromatic rings. The van der Waals surface area contributed by atoms with E-state index in [1.165, 1.54) is 11.8 Å². The Morgan fingerprint density at radius 2 is 2.36 bits per heavy atom. The van der Waals surface area contributed by atoms with Crippen LogP contribution in [0.4, 0.5) is 11.4 Å². The molecular formula is C9H11ClN2OS. The molecular weight excluding hydrogens is 220 g/mol. The first-order chi connectivity index (χ1) is 6.63. The summed E-state index contributed by atoms with van der Waals surface area (Å²) in [5, 5.41) is 3.21. The Balaban J connectivity index is 2.68. The second-order valence-electron chi connectivity index (χ2n) is 2.72. The van der Waals surface area contributed by atoms with Crippen LogP contribution in [-0.4, -0.2) is 17.9 Å². The summed E-state index contributed by atoms with van der Waals surface area (Å²) < 4.78 is 0. The highest BCUT2D eigenvalue weighted by Crippen LogP contribution is 2.22. The van der Waals surface area contributed by atoms with Crippen molar-refractivity contribution in [3.05, 3.63) is 23.2 Å². The van der Waals surface area contributed by atoms with Gasteiger partial charge >= 0.3 is 0 Å². The first-order valence-corrected chi connectivity index (χ1v) is 5.74. The molecule has 0 heterocycles. The van der Waals surface area contributed by atoms with Gasteiger partial charge in [-0.2, -0.15) is 11.8 Å². The molecule has 76 valence electrons. The van der Waals surface area contributed by atoms with Gasteiger partial charge in [0.05, 0.1) is 16.5 Å². The summed E-state index contributed by atoms with van der Waals surface area (Å²) in [6, 6.07) is 5.02. The quantitative estimate of drug-likeness (QED) is 0.783. The number of hydrogen-bond acceptors (Lipinski definition) is 3. The van der Waals surface area contributed by atoms with Gasteiger partial charge in [-0.15, -0.1) is 0 Å². The van der Waals surface area contributed by atoms with Gasteiger partial charge in [0, 0.05) is 5.69 Å². The van der Waals surface area contributed by atoms with Gasteiger partial charge in [0.15, 0.2) is 0 Å². The number of carbonyl (C=O) groups excluding carboxylic acids is 1. The van der Waals surface area contributed by atoms with E-state index < -0.39 is 0 Å². The van der Waals surface area contributed by atoms with Gasteiger partial charge < -0.3 is 11.1 Å². The minimum absolute atomic E-state index is 0.0424. The molecule has 3 N–H and O–H groups in total. The summed E-state index contributed by atoms with van der Waals surface area (Å²) in [6.07, 6.45) is 1.87. The minimum Gasteiger partial charge on any atom is -0.397 e. The molecule has 0 spiro atoms. The molecule has 0 aliphatic rings. The average molecular weight is 231 g/mol. The number of amides is 1. The average Bonchev–Trinajstić information content (AvgIpc) is 2.12. The van der Waals surface area contributed by atoms with Gasteiger partial charge in [0.2, 0.25) is 5.91 Å². The number of rotatable bonds is 3. The number of halogens is 1. The normalized spacial score (nSPS) is 9.86. The summed E-state index contributed by atoms with van der Waals surface area (Å²) in [7, 11) is 0. The molecule has 0 radical (unpaired) electrons. The van der Waals surface area contributed by atoms with Crippen molar-refractivity contribution < 1.29 is 4.79 Å². The fraction of sp³-hybridized carbons (Fsp3) is 0.222. The fourth-order valence-electron chi connectivity index (χ4n) is 0.950. The number of benzene rings is 1. The van der Waals surface area contributed by atoms with Crippen LogP contribution in [0.15, 0.2) is 18.2 Å². The molecule has 5 heteroatoms.